The molecule has 0 amide bonds. The summed E-state index contributed by atoms with van der Waals surface area (Å²) in [5.41, 5.74) is 0.295. The van der Waals surface area contributed by atoms with E-state index in [-0.39, 0.29) is 0 Å². The van der Waals surface area contributed by atoms with Crippen LogP contribution in [0, 0.1) is 0 Å². The fraction of sp³-hybridized carbons (Fsp3) is 0.923. The summed E-state index contributed by atoms with van der Waals surface area (Å²) in [6.07, 6.45) is 6.62. The van der Waals surface area contributed by atoms with Gasteiger partial charge in [-0.3, -0.25) is 4.90 Å². The van der Waals surface area contributed by atoms with Gasteiger partial charge in [-0.15, -0.1) is 0 Å². The SMILES string of the molecule is CNC(=S)NCC1(N2CCOCC2)CCCCC1. The average molecular weight is 271 g/mol. The van der Waals surface area contributed by atoms with Gasteiger partial charge in [-0.05, 0) is 25.1 Å². The molecule has 1 aliphatic heterocycles. The standard InChI is InChI=1S/C13H25N3OS/c1-14-12(18)15-11-13(5-3-2-4-6-13)16-7-9-17-10-8-16/h2-11H2,1H3,(H2,14,15,18). The van der Waals surface area contributed by atoms with Crippen molar-refractivity contribution in [3.63, 3.8) is 0 Å². The normalized spacial score (nSPS) is 24.5. The molecule has 18 heavy (non-hydrogen) atoms. The molecule has 0 aromatic rings. The van der Waals surface area contributed by atoms with Crippen LogP contribution in [-0.2, 0) is 4.74 Å². The monoisotopic (exact) mass is 271 g/mol. The van der Waals surface area contributed by atoms with Crippen LogP contribution >= 0.6 is 12.2 Å². The largest absolute Gasteiger partial charge is 0.379 e. The second-order valence-corrected chi connectivity index (χ2v) is 5.73. The number of hydrogen-bond donors (Lipinski definition) is 2. The number of thiocarbonyl (C=S) groups is 1. The summed E-state index contributed by atoms with van der Waals surface area (Å²) in [6.45, 7) is 4.84. The van der Waals surface area contributed by atoms with Gasteiger partial charge in [-0.25, -0.2) is 0 Å². The van der Waals surface area contributed by atoms with Gasteiger partial charge in [0.1, 0.15) is 0 Å². The van der Waals surface area contributed by atoms with E-state index in [1.807, 2.05) is 7.05 Å². The first kappa shape index (κ1) is 14.0. The summed E-state index contributed by atoms with van der Waals surface area (Å²) >= 11 is 5.21. The molecule has 2 aliphatic rings. The zero-order chi connectivity index (χ0) is 12.8. The van der Waals surface area contributed by atoms with Gasteiger partial charge in [0.2, 0.25) is 0 Å². The van der Waals surface area contributed by atoms with Crippen molar-refractivity contribution in [2.45, 2.75) is 37.6 Å². The third-order valence-electron chi connectivity index (χ3n) is 4.27. The highest BCUT2D eigenvalue weighted by Crippen LogP contribution is 2.33. The van der Waals surface area contributed by atoms with Crippen LogP contribution in [0.15, 0.2) is 0 Å². The van der Waals surface area contributed by atoms with E-state index in [0.29, 0.717) is 5.54 Å². The molecule has 0 atom stereocenters. The Balaban J connectivity index is 1.99. The Morgan fingerprint density at radius 1 is 1.22 bits per heavy atom. The first-order chi connectivity index (χ1) is 8.77. The van der Waals surface area contributed by atoms with Crippen LogP contribution in [0.4, 0.5) is 0 Å². The zero-order valence-electron chi connectivity index (χ0n) is 11.3. The summed E-state index contributed by atoms with van der Waals surface area (Å²) in [4.78, 5) is 2.63. The average Bonchev–Trinajstić information content (AvgIpc) is 2.46. The minimum atomic E-state index is 0.295. The van der Waals surface area contributed by atoms with Gasteiger partial charge in [0.15, 0.2) is 5.11 Å². The van der Waals surface area contributed by atoms with Crippen LogP contribution in [-0.4, -0.2) is 55.4 Å². The molecule has 1 saturated heterocycles. The fourth-order valence-electron chi connectivity index (χ4n) is 3.19. The molecule has 0 aromatic heterocycles. The van der Waals surface area contributed by atoms with Crippen molar-refractivity contribution in [1.29, 1.82) is 0 Å². The maximum atomic E-state index is 5.48. The minimum Gasteiger partial charge on any atom is -0.379 e. The van der Waals surface area contributed by atoms with Crippen molar-refractivity contribution < 1.29 is 4.74 Å². The van der Waals surface area contributed by atoms with Crippen LogP contribution in [0.2, 0.25) is 0 Å². The van der Waals surface area contributed by atoms with E-state index in [0.717, 1.165) is 38.0 Å². The van der Waals surface area contributed by atoms with E-state index >= 15 is 0 Å². The van der Waals surface area contributed by atoms with Gasteiger partial charge < -0.3 is 15.4 Å². The van der Waals surface area contributed by atoms with Crippen molar-refractivity contribution in [3.8, 4) is 0 Å². The predicted octanol–water partition coefficient (Wildman–Crippen LogP) is 1.12. The van der Waals surface area contributed by atoms with Crippen molar-refractivity contribution in [1.82, 2.24) is 15.5 Å². The van der Waals surface area contributed by atoms with E-state index in [2.05, 4.69) is 15.5 Å². The fourth-order valence-corrected chi connectivity index (χ4v) is 3.26. The second-order valence-electron chi connectivity index (χ2n) is 5.32. The van der Waals surface area contributed by atoms with Crippen molar-refractivity contribution >= 4 is 17.3 Å². The Labute approximate surface area is 115 Å². The maximum absolute atomic E-state index is 5.48. The van der Waals surface area contributed by atoms with Gasteiger partial charge in [0, 0.05) is 32.2 Å². The van der Waals surface area contributed by atoms with Crippen LogP contribution in [0.3, 0.4) is 0 Å². The third-order valence-corrected chi connectivity index (χ3v) is 4.62. The molecule has 104 valence electrons. The van der Waals surface area contributed by atoms with E-state index < -0.39 is 0 Å². The minimum absolute atomic E-state index is 0.295. The molecule has 0 bridgehead atoms. The number of nitrogens with zero attached hydrogens (tertiary/aromatic N) is 1. The number of morpholine rings is 1. The van der Waals surface area contributed by atoms with E-state index in [1.54, 1.807) is 0 Å². The van der Waals surface area contributed by atoms with Crippen molar-refractivity contribution in [3.05, 3.63) is 0 Å². The highest BCUT2D eigenvalue weighted by Gasteiger charge is 2.38. The third kappa shape index (κ3) is 3.33. The lowest BCUT2D eigenvalue weighted by Crippen LogP contribution is -2.60. The summed E-state index contributed by atoms with van der Waals surface area (Å²) < 4.78 is 5.48. The Morgan fingerprint density at radius 2 is 1.89 bits per heavy atom. The molecule has 2 fully saturated rings. The van der Waals surface area contributed by atoms with Crippen LogP contribution < -0.4 is 10.6 Å². The Hall–Kier alpha value is -0.390. The zero-order valence-corrected chi connectivity index (χ0v) is 12.2. The van der Waals surface area contributed by atoms with E-state index in [1.165, 1.54) is 32.1 Å². The molecule has 1 aliphatic carbocycles. The topological polar surface area (TPSA) is 36.5 Å². The molecule has 2 N–H and O–H groups in total. The molecule has 0 radical (unpaired) electrons. The van der Waals surface area contributed by atoms with Crippen LogP contribution in [0.5, 0.6) is 0 Å². The van der Waals surface area contributed by atoms with Crippen molar-refractivity contribution in [2.75, 3.05) is 39.9 Å². The molecule has 1 heterocycles. The molecule has 0 spiro atoms. The van der Waals surface area contributed by atoms with Crippen LogP contribution in [0.1, 0.15) is 32.1 Å². The summed E-state index contributed by atoms with van der Waals surface area (Å²) in [7, 11) is 1.87. The summed E-state index contributed by atoms with van der Waals surface area (Å²) in [5.74, 6) is 0. The molecule has 1 saturated carbocycles. The Bertz CT molecular complexity index is 273. The lowest BCUT2D eigenvalue weighted by molar-refractivity contribution is -0.0352. The van der Waals surface area contributed by atoms with Gasteiger partial charge in [0.05, 0.1) is 13.2 Å². The Morgan fingerprint density at radius 3 is 2.50 bits per heavy atom. The lowest BCUT2D eigenvalue weighted by Gasteiger charge is -2.48. The first-order valence-electron chi connectivity index (χ1n) is 7.05. The molecular weight excluding hydrogens is 246 g/mol. The van der Waals surface area contributed by atoms with E-state index in [9.17, 15) is 0 Å². The predicted molar refractivity (Wildman–Crippen MR) is 77.9 cm³/mol. The van der Waals surface area contributed by atoms with Gasteiger partial charge in [0.25, 0.3) is 0 Å². The Kier molecular flexibility index (Phi) is 5.21. The first-order valence-corrected chi connectivity index (χ1v) is 7.46. The number of ether oxygens (including phenoxy) is 1. The number of rotatable bonds is 3. The van der Waals surface area contributed by atoms with E-state index in [4.69, 9.17) is 17.0 Å². The van der Waals surface area contributed by atoms with Gasteiger partial charge in [-0.1, -0.05) is 19.3 Å². The molecule has 4 nitrogen and oxygen atoms in total. The highest BCUT2D eigenvalue weighted by atomic mass is 32.1. The molecule has 0 aromatic carbocycles. The number of hydrogen-bond acceptors (Lipinski definition) is 3. The van der Waals surface area contributed by atoms with Crippen molar-refractivity contribution in [2.24, 2.45) is 0 Å². The molecule has 2 rings (SSSR count). The quantitative estimate of drug-likeness (QED) is 0.752. The highest BCUT2D eigenvalue weighted by molar-refractivity contribution is 7.80. The summed E-state index contributed by atoms with van der Waals surface area (Å²) in [6, 6.07) is 0. The number of nitrogens with one attached hydrogen (secondary N) is 2. The molecular formula is C13H25N3OS. The smallest absolute Gasteiger partial charge is 0.166 e. The maximum Gasteiger partial charge on any atom is 0.166 e. The second kappa shape index (κ2) is 6.68. The molecule has 5 heteroatoms. The van der Waals surface area contributed by atoms with Gasteiger partial charge in [-0.2, -0.15) is 0 Å². The lowest BCUT2D eigenvalue weighted by atomic mass is 9.80. The van der Waals surface area contributed by atoms with Gasteiger partial charge >= 0.3 is 0 Å². The molecule has 0 unspecified atom stereocenters. The van der Waals surface area contributed by atoms with Crippen LogP contribution in [0.25, 0.3) is 0 Å². The summed E-state index contributed by atoms with van der Waals surface area (Å²) in [5, 5.41) is 7.14.